The van der Waals surface area contributed by atoms with Gasteiger partial charge >= 0.3 is 6.09 Å². The van der Waals surface area contributed by atoms with Crippen molar-refractivity contribution in [1.82, 2.24) is 5.32 Å². The third-order valence-electron chi connectivity index (χ3n) is 4.99. The number of carbonyl (C=O) groups is 2. The Hall–Kier alpha value is -3.73. The summed E-state index contributed by atoms with van der Waals surface area (Å²) < 4.78 is 5.28. The van der Waals surface area contributed by atoms with E-state index in [0.29, 0.717) is 5.71 Å². The maximum Gasteiger partial charge on any atom is 0.409 e. The highest BCUT2D eigenvalue weighted by molar-refractivity contribution is 6.16. The summed E-state index contributed by atoms with van der Waals surface area (Å²) in [6.45, 7) is 2.14. The number of nitrogens with one attached hydrogen (secondary N) is 1. The molecule has 0 fully saturated rings. The molecular weight excluding hydrogens is 376 g/mol. The molecule has 0 aliphatic carbocycles. The van der Waals surface area contributed by atoms with Crippen molar-refractivity contribution in [3.63, 3.8) is 0 Å². The number of nitrogens with zero attached hydrogens (tertiary/aromatic N) is 1. The van der Waals surface area contributed by atoms with E-state index in [9.17, 15) is 9.59 Å². The van der Waals surface area contributed by atoms with E-state index in [0.717, 1.165) is 27.8 Å². The molecule has 1 aliphatic rings. The summed E-state index contributed by atoms with van der Waals surface area (Å²) in [6, 6.07) is 25.1. The quantitative estimate of drug-likeness (QED) is 0.716. The van der Waals surface area contributed by atoms with Crippen LogP contribution in [0.5, 0.6) is 0 Å². The fourth-order valence-corrected chi connectivity index (χ4v) is 3.39. The van der Waals surface area contributed by atoms with Crippen LogP contribution in [0.25, 0.3) is 0 Å². The van der Waals surface area contributed by atoms with Gasteiger partial charge in [-0.2, -0.15) is 0 Å². The molecule has 4 rings (SSSR count). The summed E-state index contributed by atoms with van der Waals surface area (Å²) in [7, 11) is 0. The average molecular weight is 398 g/mol. The number of ketones is 1. The van der Waals surface area contributed by atoms with E-state index in [4.69, 9.17) is 4.74 Å². The molecule has 1 heterocycles. The predicted molar refractivity (Wildman–Crippen MR) is 116 cm³/mol. The Balaban J connectivity index is 1.59. The molecule has 30 heavy (non-hydrogen) atoms. The number of hydrogen-bond donors (Lipinski definition) is 1. The maximum atomic E-state index is 12.8. The first-order valence-electron chi connectivity index (χ1n) is 9.83. The third kappa shape index (κ3) is 4.46. The number of rotatable bonds is 4. The maximum absolute atomic E-state index is 12.8. The third-order valence-corrected chi connectivity index (χ3v) is 4.99. The van der Waals surface area contributed by atoms with E-state index < -0.39 is 12.3 Å². The van der Waals surface area contributed by atoms with E-state index in [1.54, 1.807) is 0 Å². The van der Waals surface area contributed by atoms with Gasteiger partial charge in [-0.25, -0.2) is 4.79 Å². The second-order valence-electron chi connectivity index (χ2n) is 7.25. The zero-order valence-corrected chi connectivity index (χ0v) is 16.7. The van der Waals surface area contributed by atoms with Gasteiger partial charge in [-0.15, -0.1) is 0 Å². The van der Waals surface area contributed by atoms with Gasteiger partial charge in [-0.3, -0.25) is 15.1 Å². The number of hydrogen-bond acceptors (Lipinski definition) is 4. The Morgan fingerprint density at radius 3 is 2.47 bits per heavy atom. The molecule has 0 saturated heterocycles. The SMILES string of the molecule is Cc1ccc(C2=NC(NC(=O)OCc3ccccc3)C(=O)Cc3ccccc32)cc1. The highest BCUT2D eigenvalue weighted by Gasteiger charge is 2.27. The molecule has 0 radical (unpaired) electrons. The summed E-state index contributed by atoms with van der Waals surface area (Å²) in [5.41, 5.74) is 5.38. The molecule has 1 aliphatic heterocycles. The van der Waals surface area contributed by atoms with Gasteiger partial charge in [0.05, 0.1) is 5.71 Å². The van der Waals surface area contributed by atoms with Gasteiger partial charge in [0.2, 0.25) is 0 Å². The molecule has 1 N–H and O–H groups in total. The van der Waals surface area contributed by atoms with Crippen LogP contribution in [0, 0.1) is 6.92 Å². The number of aliphatic imine (C=N–C) groups is 1. The molecule has 150 valence electrons. The standard InChI is InChI=1S/C25H22N2O3/c1-17-11-13-19(14-12-17)23-21-10-6-5-9-20(21)15-22(28)24(26-23)27-25(29)30-16-18-7-3-2-4-8-18/h2-14,24H,15-16H2,1H3,(H,27,29). The molecule has 1 atom stereocenters. The molecule has 5 nitrogen and oxygen atoms in total. The minimum Gasteiger partial charge on any atom is -0.445 e. The molecule has 0 saturated carbocycles. The van der Waals surface area contributed by atoms with E-state index in [-0.39, 0.29) is 18.8 Å². The second-order valence-corrected chi connectivity index (χ2v) is 7.25. The fraction of sp³-hybridized carbons (Fsp3) is 0.160. The number of ether oxygens (including phenoxy) is 1. The first kappa shape index (κ1) is 19.6. The highest BCUT2D eigenvalue weighted by Crippen LogP contribution is 2.21. The summed E-state index contributed by atoms with van der Waals surface area (Å²) >= 11 is 0. The van der Waals surface area contributed by atoms with Crippen molar-refractivity contribution in [3.05, 3.63) is 107 Å². The van der Waals surface area contributed by atoms with E-state index >= 15 is 0 Å². The Labute approximate surface area is 175 Å². The number of amides is 1. The first-order valence-corrected chi connectivity index (χ1v) is 9.83. The smallest absolute Gasteiger partial charge is 0.409 e. The zero-order chi connectivity index (χ0) is 20.9. The van der Waals surface area contributed by atoms with Gasteiger partial charge in [-0.05, 0) is 18.1 Å². The Morgan fingerprint density at radius 2 is 1.70 bits per heavy atom. The summed E-state index contributed by atoms with van der Waals surface area (Å²) in [4.78, 5) is 29.8. The fourth-order valence-electron chi connectivity index (χ4n) is 3.39. The van der Waals surface area contributed by atoms with Gasteiger partial charge in [0.15, 0.2) is 11.9 Å². The number of aryl methyl sites for hydroxylation is 1. The molecule has 1 amide bonds. The van der Waals surface area contributed by atoms with Crippen molar-refractivity contribution in [2.45, 2.75) is 26.1 Å². The zero-order valence-electron chi connectivity index (χ0n) is 16.7. The van der Waals surface area contributed by atoms with Crippen molar-refractivity contribution in [3.8, 4) is 0 Å². The van der Waals surface area contributed by atoms with Crippen molar-refractivity contribution in [2.75, 3.05) is 0 Å². The van der Waals surface area contributed by atoms with Crippen LogP contribution in [0.2, 0.25) is 0 Å². The van der Waals surface area contributed by atoms with E-state index in [2.05, 4.69) is 10.3 Å². The van der Waals surface area contributed by atoms with Crippen LogP contribution in [0.15, 0.2) is 83.9 Å². The summed E-state index contributed by atoms with van der Waals surface area (Å²) in [5.74, 6) is -0.179. The van der Waals surface area contributed by atoms with Crippen LogP contribution in [0.3, 0.4) is 0 Å². The summed E-state index contributed by atoms with van der Waals surface area (Å²) in [6.07, 6.45) is -1.48. The lowest BCUT2D eigenvalue weighted by Crippen LogP contribution is -2.40. The van der Waals surface area contributed by atoms with Crippen molar-refractivity contribution < 1.29 is 14.3 Å². The van der Waals surface area contributed by atoms with Crippen LogP contribution in [-0.4, -0.2) is 23.8 Å². The highest BCUT2D eigenvalue weighted by atomic mass is 16.5. The van der Waals surface area contributed by atoms with Crippen LogP contribution < -0.4 is 5.32 Å². The van der Waals surface area contributed by atoms with Crippen molar-refractivity contribution >= 4 is 17.6 Å². The van der Waals surface area contributed by atoms with Gasteiger partial charge in [0.1, 0.15) is 6.61 Å². The second kappa shape index (κ2) is 8.74. The Morgan fingerprint density at radius 1 is 1.00 bits per heavy atom. The van der Waals surface area contributed by atoms with Gasteiger partial charge < -0.3 is 4.74 Å². The number of fused-ring (bicyclic) bond motifs is 1. The largest absolute Gasteiger partial charge is 0.445 e. The first-order chi connectivity index (χ1) is 14.6. The predicted octanol–water partition coefficient (Wildman–Crippen LogP) is 4.21. The van der Waals surface area contributed by atoms with Crippen LogP contribution in [-0.2, 0) is 22.6 Å². The molecular formula is C25H22N2O3. The number of carbonyl (C=O) groups excluding carboxylic acids is 2. The van der Waals surface area contributed by atoms with E-state index in [1.807, 2.05) is 85.8 Å². The molecule has 0 aromatic heterocycles. The lowest BCUT2D eigenvalue weighted by molar-refractivity contribution is -0.120. The number of Topliss-reactive ketones (excluding diaryl/α,β-unsaturated/α-hetero) is 1. The van der Waals surface area contributed by atoms with E-state index in [1.165, 1.54) is 0 Å². The molecule has 3 aromatic rings. The van der Waals surface area contributed by atoms with Crippen molar-refractivity contribution in [2.24, 2.45) is 4.99 Å². The lowest BCUT2D eigenvalue weighted by Gasteiger charge is -2.14. The lowest BCUT2D eigenvalue weighted by atomic mass is 9.95. The van der Waals surface area contributed by atoms with Gasteiger partial charge in [-0.1, -0.05) is 84.4 Å². The number of benzene rings is 3. The molecule has 3 aromatic carbocycles. The topological polar surface area (TPSA) is 67.8 Å². The summed E-state index contributed by atoms with van der Waals surface area (Å²) in [5, 5.41) is 2.63. The molecule has 1 unspecified atom stereocenters. The molecule has 0 spiro atoms. The normalized spacial score (nSPS) is 15.6. The van der Waals surface area contributed by atoms with Crippen LogP contribution >= 0.6 is 0 Å². The monoisotopic (exact) mass is 398 g/mol. The Kier molecular flexibility index (Phi) is 5.70. The molecule has 0 bridgehead atoms. The van der Waals surface area contributed by atoms with Gasteiger partial charge in [0.25, 0.3) is 0 Å². The van der Waals surface area contributed by atoms with Crippen molar-refractivity contribution in [1.29, 1.82) is 0 Å². The average Bonchev–Trinajstić information content (AvgIpc) is 2.90. The van der Waals surface area contributed by atoms with Crippen LogP contribution in [0.1, 0.15) is 27.8 Å². The van der Waals surface area contributed by atoms with Gasteiger partial charge in [0, 0.05) is 17.5 Å². The number of alkyl carbamates (subject to hydrolysis) is 1. The Bertz CT molecular complexity index is 1090. The van der Waals surface area contributed by atoms with Crippen LogP contribution in [0.4, 0.5) is 4.79 Å². The minimum atomic E-state index is -1.00. The molecule has 5 heteroatoms. The minimum absolute atomic E-state index is 0.127.